The fourth-order valence-electron chi connectivity index (χ4n) is 4.88. The second kappa shape index (κ2) is 7.65. The number of hydrazone groups is 1. The Morgan fingerprint density at radius 3 is 2.48 bits per heavy atom. The lowest BCUT2D eigenvalue weighted by atomic mass is 9.63. The van der Waals surface area contributed by atoms with E-state index in [1.54, 1.807) is 37.3 Å². The second-order valence-electron chi connectivity index (χ2n) is 8.08. The zero-order chi connectivity index (χ0) is 21.5. The van der Waals surface area contributed by atoms with Crippen LogP contribution >= 0.6 is 0 Å². The molecule has 1 aliphatic heterocycles. The van der Waals surface area contributed by atoms with Gasteiger partial charge in [0.25, 0.3) is 11.8 Å². The third-order valence-electron chi connectivity index (χ3n) is 6.32. The van der Waals surface area contributed by atoms with Crippen LogP contribution in [0.1, 0.15) is 35.9 Å². The van der Waals surface area contributed by atoms with Crippen molar-refractivity contribution in [2.75, 3.05) is 6.61 Å². The molecule has 158 valence electrons. The van der Waals surface area contributed by atoms with Crippen molar-refractivity contribution < 1.29 is 23.5 Å². The zero-order valence-electron chi connectivity index (χ0n) is 17.1. The summed E-state index contributed by atoms with van der Waals surface area (Å²) in [4.78, 5) is 37.6. The average molecular weight is 418 g/mol. The number of esters is 1. The number of allylic oxidation sites excluding steroid dienone is 2. The quantitative estimate of drug-likeness (QED) is 0.320. The molecule has 4 aliphatic rings. The van der Waals surface area contributed by atoms with Crippen LogP contribution in [0.3, 0.4) is 0 Å². The standard InChI is InChI=1S/C24H22N2O5/c1-2-30-24(29)17-5-3-4-16(12-17)19-11-10-18(31-19)13-25-26-22(27)20-14-6-7-15(9-8-14)21(20)23(26)28/h3-7,10-15,20-21H,2,8-9H2,1H3/b25-13-/t14-,15-,20+,21+/m0/s1. The van der Waals surface area contributed by atoms with E-state index in [9.17, 15) is 14.4 Å². The highest BCUT2D eigenvalue weighted by Gasteiger charge is 2.56. The van der Waals surface area contributed by atoms with E-state index < -0.39 is 5.97 Å². The monoisotopic (exact) mass is 418 g/mol. The first-order chi connectivity index (χ1) is 15.1. The van der Waals surface area contributed by atoms with Crippen molar-refractivity contribution in [3.63, 3.8) is 0 Å². The lowest BCUT2D eigenvalue weighted by Gasteiger charge is -2.37. The van der Waals surface area contributed by atoms with E-state index in [4.69, 9.17) is 9.15 Å². The zero-order valence-corrected chi connectivity index (χ0v) is 17.1. The summed E-state index contributed by atoms with van der Waals surface area (Å²) in [5.41, 5.74) is 1.15. The third-order valence-corrected chi connectivity index (χ3v) is 6.32. The first-order valence-electron chi connectivity index (χ1n) is 10.5. The molecule has 1 aromatic carbocycles. The van der Waals surface area contributed by atoms with Crippen LogP contribution in [0.15, 0.2) is 58.1 Å². The molecule has 2 aromatic rings. The van der Waals surface area contributed by atoms with Gasteiger partial charge in [-0.1, -0.05) is 24.3 Å². The number of hydrogen-bond donors (Lipinski definition) is 0. The predicted octanol–water partition coefficient (Wildman–Crippen LogP) is 3.65. The van der Waals surface area contributed by atoms with E-state index in [0.29, 0.717) is 29.3 Å². The minimum absolute atomic E-state index is 0.133. The van der Waals surface area contributed by atoms with E-state index in [-0.39, 0.29) is 35.5 Å². The maximum absolute atomic E-state index is 12.8. The first-order valence-corrected chi connectivity index (χ1v) is 10.5. The Kier molecular flexibility index (Phi) is 4.81. The summed E-state index contributed by atoms with van der Waals surface area (Å²) in [5, 5.41) is 5.18. The summed E-state index contributed by atoms with van der Waals surface area (Å²) < 4.78 is 10.8. The molecule has 4 atom stereocenters. The molecule has 2 amide bonds. The molecule has 0 spiro atoms. The Labute approximate surface area is 179 Å². The number of amides is 2. The summed E-state index contributed by atoms with van der Waals surface area (Å²) in [5.74, 6) is -0.192. The van der Waals surface area contributed by atoms with Gasteiger partial charge in [-0.3, -0.25) is 9.59 Å². The van der Waals surface area contributed by atoms with Gasteiger partial charge in [-0.05, 0) is 55.9 Å². The maximum atomic E-state index is 12.8. The van der Waals surface area contributed by atoms with Crippen molar-refractivity contribution in [3.8, 4) is 11.3 Å². The molecule has 0 unspecified atom stereocenters. The van der Waals surface area contributed by atoms with Gasteiger partial charge in [0, 0.05) is 5.56 Å². The Morgan fingerprint density at radius 2 is 1.84 bits per heavy atom. The van der Waals surface area contributed by atoms with Gasteiger partial charge in [-0.25, -0.2) is 4.79 Å². The smallest absolute Gasteiger partial charge is 0.338 e. The van der Waals surface area contributed by atoms with E-state index >= 15 is 0 Å². The van der Waals surface area contributed by atoms with Crippen LogP contribution in [0, 0.1) is 23.7 Å². The van der Waals surface area contributed by atoms with Crippen LogP contribution in [-0.4, -0.2) is 35.6 Å². The van der Waals surface area contributed by atoms with E-state index in [1.807, 2.05) is 6.07 Å². The van der Waals surface area contributed by atoms with Crippen molar-refractivity contribution in [3.05, 3.63) is 59.9 Å². The lowest BCUT2D eigenvalue weighted by Crippen LogP contribution is -2.38. The first kappa shape index (κ1) is 19.5. The largest absolute Gasteiger partial charge is 0.462 e. The molecule has 1 aromatic heterocycles. The number of imide groups is 1. The van der Waals surface area contributed by atoms with Gasteiger partial charge < -0.3 is 9.15 Å². The Bertz CT molecular complexity index is 1080. The van der Waals surface area contributed by atoms with Gasteiger partial charge in [0.15, 0.2) is 0 Å². The summed E-state index contributed by atoms with van der Waals surface area (Å²) in [7, 11) is 0. The summed E-state index contributed by atoms with van der Waals surface area (Å²) in [6.45, 7) is 2.06. The SMILES string of the molecule is CCOC(=O)c1cccc(-c2ccc(/C=N\N3C(=O)[C@H]4[C@H](C3=O)[C@H]3C=C[C@H]4CC3)o2)c1. The van der Waals surface area contributed by atoms with Crippen LogP contribution in [0.5, 0.6) is 0 Å². The molecule has 0 radical (unpaired) electrons. The Hall–Kier alpha value is -3.48. The number of furan rings is 1. The third kappa shape index (κ3) is 3.30. The second-order valence-corrected chi connectivity index (χ2v) is 8.08. The number of nitrogens with zero attached hydrogens (tertiary/aromatic N) is 2. The molecule has 7 nitrogen and oxygen atoms in total. The van der Waals surface area contributed by atoms with Crippen molar-refractivity contribution >= 4 is 24.0 Å². The molecule has 2 heterocycles. The van der Waals surface area contributed by atoms with Crippen LogP contribution in [0.4, 0.5) is 0 Å². The molecular formula is C24H22N2O5. The van der Waals surface area contributed by atoms with E-state index in [0.717, 1.165) is 17.9 Å². The topological polar surface area (TPSA) is 89.2 Å². The van der Waals surface area contributed by atoms with Crippen LogP contribution in [-0.2, 0) is 14.3 Å². The molecule has 6 rings (SSSR count). The average Bonchev–Trinajstić information content (AvgIpc) is 3.38. The van der Waals surface area contributed by atoms with E-state index in [2.05, 4.69) is 17.3 Å². The number of carbonyl (C=O) groups excluding carboxylic acids is 3. The van der Waals surface area contributed by atoms with Gasteiger partial charge in [0.05, 0.1) is 30.2 Å². The minimum atomic E-state index is -0.395. The number of carbonyl (C=O) groups is 3. The fourth-order valence-corrected chi connectivity index (χ4v) is 4.88. The van der Waals surface area contributed by atoms with Crippen molar-refractivity contribution in [2.24, 2.45) is 28.8 Å². The minimum Gasteiger partial charge on any atom is -0.462 e. The number of benzene rings is 1. The number of hydrogen-bond acceptors (Lipinski definition) is 6. The Morgan fingerprint density at radius 1 is 1.13 bits per heavy atom. The highest BCUT2D eigenvalue weighted by Crippen LogP contribution is 2.49. The van der Waals surface area contributed by atoms with Gasteiger partial charge in [0.1, 0.15) is 11.5 Å². The van der Waals surface area contributed by atoms with Gasteiger partial charge in [0.2, 0.25) is 0 Å². The van der Waals surface area contributed by atoms with Crippen molar-refractivity contribution in [1.29, 1.82) is 0 Å². The Balaban J connectivity index is 1.34. The molecule has 3 aliphatic carbocycles. The number of ether oxygens (including phenoxy) is 1. The van der Waals surface area contributed by atoms with Crippen molar-refractivity contribution in [1.82, 2.24) is 5.01 Å². The molecule has 1 saturated heterocycles. The summed E-state index contributed by atoms with van der Waals surface area (Å²) in [6, 6.07) is 10.4. The lowest BCUT2D eigenvalue weighted by molar-refractivity contribution is -0.140. The van der Waals surface area contributed by atoms with Crippen LogP contribution in [0.25, 0.3) is 11.3 Å². The van der Waals surface area contributed by atoms with Gasteiger partial charge >= 0.3 is 5.97 Å². The van der Waals surface area contributed by atoms with Crippen LogP contribution in [0.2, 0.25) is 0 Å². The molecule has 2 bridgehead atoms. The van der Waals surface area contributed by atoms with Crippen LogP contribution < -0.4 is 0 Å². The highest BCUT2D eigenvalue weighted by molar-refractivity contribution is 6.06. The van der Waals surface area contributed by atoms with Gasteiger partial charge in [-0.15, -0.1) is 0 Å². The molecule has 7 heteroatoms. The van der Waals surface area contributed by atoms with E-state index in [1.165, 1.54) is 6.21 Å². The predicted molar refractivity (Wildman–Crippen MR) is 112 cm³/mol. The highest BCUT2D eigenvalue weighted by atomic mass is 16.5. The van der Waals surface area contributed by atoms with Gasteiger partial charge in [-0.2, -0.15) is 10.1 Å². The molecular weight excluding hydrogens is 396 g/mol. The number of rotatable bonds is 5. The molecule has 31 heavy (non-hydrogen) atoms. The maximum Gasteiger partial charge on any atom is 0.338 e. The normalized spacial score (nSPS) is 26.7. The van der Waals surface area contributed by atoms with Crippen molar-refractivity contribution in [2.45, 2.75) is 19.8 Å². The number of fused-ring (bicyclic) bond motifs is 1. The summed E-state index contributed by atoms with van der Waals surface area (Å²) in [6.07, 6.45) is 7.45. The fraction of sp³-hybridized carbons (Fsp3) is 0.333. The molecule has 2 fully saturated rings. The summed E-state index contributed by atoms with van der Waals surface area (Å²) >= 11 is 0. The molecule has 0 N–H and O–H groups in total. The molecule has 1 saturated carbocycles.